The lowest BCUT2D eigenvalue weighted by Crippen LogP contribution is -2.22. The monoisotopic (exact) mass is 158 g/mol. The molecule has 0 radical (unpaired) electrons. The first kappa shape index (κ1) is 8.28. The Morgan fingerprint density at radius 3 is 2.00 bits per heavy atom. The number of aliphatic hydroxyl groups is 1. The fraction of sp³-hybridized carbons (Fsp3) is 1.00. The highest BCUT2D eigenvalue weighted by atomic mass is 28.3. The van der Waals surface area contributed by atoms with Crippen LogP contribution < -0.4 is 0 Å². The van der Waals surface area contributed by atoms with Crippen LogP contribution in [0.5, 0.6) is 0 Å². The highest BCUT2D eigenvalue weighted by Gasteiger charge is 2.48. The first-order valence-corrected chi connectivity index (χ1v) is 7.68. The van der Waals surface area contributed by atoms with Gasteiger partial charge >= 0.3 is 0 Å². The highest BCUT2D eigenvalue weighted by Crippen LogP contribution is 2.53. The van der Waals surface area contributed by atoms with Gasteiger partial charge in [0.05, 0.1) is 6.10 Å². The maximum absolute atomic E-state index is 9.25. The summed E-state index contributed by atoms with van der Waals surface area (Å²) in [6.07, 6.45) is 1.23. The first-order valence-electron chi connectivity index (χ1n) is 4.11. The van der Waals surface area contributed by atoms with Gasteiger partial charge in [-0.25, -0.2) is 0 Å². The molecule has 1 N–H and O–H groups in total. The molecule has 0 spiro atoms. The quantitative estimate of drug-likeness (QED) is 0.610. The molecule has 60 valence electrons. The minimum absolute atomic E-state index is 0.0586. The fourth-order valence-electron chi connectivity index (χ4n) is 1.74. The Labute approximate surface area is 64.5 Å². The summed E-state index contributed by atoms with van der Waals surface area (Å²) in [4.78, 5) is 0. The van der Waals surface area contributed by atoms with E-state index in [1.165, 1.54) is 6.42 Å². The smallest absolute Gasteiger partial charge is 0.0540 e. The lowest BCUT2D eigenvalue weighted by atomic mass is 10.3. The van der Waals surface area contributed by atoms with Crippen molar-refractivity contribution >= 4 is 8.07 Å². The van der Waals surface area contributed by atoms with Gasteiger partial charge in [-0.15, -0.1) is 0 Å². The summed E-state index contributed by atoms with van der Waals surface area (Å²) in [5.41, 5.74) is 0.896. The Balaban J connectivity index is 2.39. The minimum atomic E-state index is -0.909. The highest BCUT2D eigenvalue weighted by molar-refractivity contribution is 6.78. The van der Waals surface area contributed by atoms with Gasteiger partial charge in [0.1, 0.15) is 0 Å². The summed E-state index contributed by atoms with van der Waals surface area (Å²) < 4.78 is 0. The van der Waals surface area contributed by atoms with E-state index < -0.39 is 8.07 Å². The molecule has 10 heavy (non-hydrogen) atoms. The van der Waals surface area contributed by atoms with Gasteiger partial charge in [-0.1, -0.05) is 19.6 Å². The average Bonchev–Trinajstić information content (AvgIpc) is 2.35. The SMILES string of the molecule is C[C@@H](O)[C@H]1C[C@@H]1[Si](C)(C)C. The summed E-state index contributed by atoms with van der Waals surface area (Å²) in [6.45, 7) is 9.09. The van der Waals surface area contributed by atoms with Crippen molar-refractivity contribution in [1.29, 1.82) is 0 Å². The van der Waals surface area contributed by atoms with E-state index in [4.69, 9.17) is 0 Å². The molecule has 1 saturated carbocycles. The molecule has 0 aromatic carbocycles. The Bertz CT molecular complexity index is 126. The molecule has 1 nitrogen and oxygen atoms in total. The van der Waals surface area contributed by atoms with Crippen LogP contribution in [0.25, 0.3) is 0 Å². The molecule has 0 amide bonds. The van der Waals surface area contributed by atoms with Crippen molar-refractivity contribution in [2.45, 2.75) is 44.6 Å². The van der Waals surface area contributed by atoms with Crippen LogP contribution in [0.3, 0.4) is 0 Å². The molecule has 1 aliphatic carbocycles. The van der Waals surface area contributed by atoms with E-state index in [1.807, 2.05) is 6.92 Å². The van der Waals surface area contributed by atoms with Crippen molar-refractivity contribution in [3.8, 4) is 0 Å². The van der Waals surface area contributed by atoms with Crippen LogP contribution in [0.4, 0.5) is 0 Å². The molecule has 0 aromatic heterocycles. The zero-order valence-electron chi connectivity index (χ0n) is 7.39. The Hall–Kier alpha value is 0.177. The van der Waals surface area contributed by atoms with E-state index in [0.29, 0.717) is 5.92 Å². The minimum Gasteiger partial charge on any atom is -0.393 e. The van der Waals surface area contributed by atoms with Crippen molar-refractivity contribution in [2.75, 3.05) is 0 Å². The number of hydrogen-bond donors (Lipinski definition) is 1. The van der Waals surface area contributed by atoms with E-state index in [2.05, 4.69) is 19.6 Å². The molecule has 1 aliphatic rings. The third kappa shape index (κ3) is 1.61. The summed E-state index contributed by atoms with van der Waals surface area (Å²) >= 11 is 0. The van der Waals surface area contributed by atoms with Crippen molar-refractivity contribution in [1.82, 2.24) is 0 Å². The topological polar surface area (TPSA) is 20.2 Å². The van der Waals surface area contributed by atoms with Crippen LogP contribution in [0.15, 0.2) is 0 Å². The average molecular weight is 158 g/mol. The second kappa shape index (κ2) is 2.34. The Morgan fingerprint density at radius 1 is 1.40 bits per heavy atom. The summed E-state index contributed by atoms with van der Waals surface area (Å²) in [5, 5.41) is 9.25. The zero-order valence-corrected chi connectivity index (χ0v) is 8.39. The Morgan fingerprint density at radius 2 is 1.90 bits per heavy atom. The molecule has 1 fully saturated rings. The van der Waals surface area contributed by atoms with Gasteiger partial charge in [0.25, 0.3) is 0 Å². The van der Waals surface area contributed by atoms with Gasteiger partial charge in [-0.2, -0.15) is 0 Å². The van der Waals surface area contributed by atoms with Crippen molar-refractivity contribution < 1.29 is 5.11 Å². The fourth-order valence-corrected chi connectivity index (χ4v) is 4.29. The van der Waals surface area contributed by atoms with Crippen molar-refractivity contribution in [2.24, 2.45) is 5.92 Å². The van der Waals surface area contributed by atoms with Crippen LogP contribution in [0, 0.1) is 5.92 Å². The molecule has 0 unspecified atom stereocenters. The lowest BCUT2D eigenvalue weighted by Gasteiger charge is -2.16. The van der Waals surface area contributed by atoms with Gasteiger partial charge in [-0.05, 0) is 24.8 Å². The molecule has 1 rings (SSSR count). The number of aliphatic hydroxyl groups excluding tert-OH is 1. The Kier molecular flexibility index (Phi) is 1.94. The number of hydrogen-bond acceptors (Lipinski definition) is 1. The largest absolute Gasteiger partial charge is 0.393 e. The molecule has 2 heteroatoms. The first-order chi connectivity index (χ1) is 4.43. The molecule has 0 heterocycles. The van der Waals surface area contributed by atoms with E-state index in [1.54, 1.807) is 0 Å². The van der Waals surface area contributed by atoms with E-state index in [9.17, 15) is 5.11 Å². The van der Waals surface area contributed by atoms with Gasteiger partial charge in [0.15, 0.2) is 0 Å². The van der Waals surface area contributed by atoms with E-state index in [0.717, 1.165) is 5.54 Å². The van der Waals surface area contributed by atoms with Crippen LogP contribution in [0.1, 0.15) is 13.3 Å². The second-order valence-electron chi connectivity index (χ2n) is 4.61. The van der Waals surface area contributed by atoms with E-state index in [-0.39, 0.29) is 6.10 Å². The maximum atomic E-state index is 9.25. The van der Waals surface area contributed by atoms with Gasteiger partial charge in [-0.3, -0.25) is 0 Å². The van der Waals surface area contributed by atoms with Crippen LogP contribution in [-0.4, -0.2) is 19.3 Å². The molecule has 3 atom stereocenters. The third-order valence-electron chi connectivity index (χ3n) is 2.57. The predicted octanol–water partition coefficient (Wildman–Crippen LogP) is 2.10. The molecular formula is C8H18OSi. The van der Waals surface area contributed by atoms with Gasteiger partial charge < -0.3 is 5.11 Å². The molecule has 0 aromatic rings. The van der Waals surface area contributed by atoms with Gasteiger partial charge in [0.2, 0.25) is 0 Å². The number of rotatable bonds is 2. The third-order valence-corrected chi connectivity index (χ3v) is 5.46. The molecule has 0 aliphatic heterocycles. The molecule has 0 saturated heterocycles. The van der Waals surface area contributed by atoms with Crippen LogP contribution >= 0.6 is 0 Å². The van der Waals surface area contributed by atoms with Gasteiger partial charge in [0, 0.05) is 8.07 Å². The summed E-state index contributed by atoms with van der Waals surface area (Å²) in [7, 11) is -0.909. The second-order valence-corrected chi connectivity index (χ2v) is 10.1. The summed E-state index contributed by atoms with van der Waals surface area (Å²) in [5.74, 6) is 0.645. The lowest BCUT2D eigenvalue weighted by molar-refractivity contribution is 0.171. The van der Waals surface area contributed by atoms with E-state index >= 15 is 0 Å². The normalized spacial score (nSPS) is 35.7. The zero-order chi connectivity index (χ0) is 7.94. The maximum Gasteiger partial charge on any atom is 0.0540 e. The van der Waals surface area contributed by atoms with Crippen LogP contribution in [-0.2, 0) is 0 Å². The van der Waals surface area contributed by atoms with Crippen LogP contribution in [0.2, 0.25) is 25.2 Å². The van der Waals surface area contributed by atoms with Crippen molar-refractivity contribution in [3.05, 3.63) is 0 Å². The standard InChI is InChI=1S/C8H18OSi/c1-6(9)7-5-8(7)10(2,3)4/h6-9H,5H2,1-4H3/t6-,7-,8+/m1/s1. The summed E-state index contributed by atoms with van der Waals surface area (Å²) in [6, 6.07) is 0. The van der Waals surface area contributed by atoms with Crippen molar-refractivity contribution in [3.63, 3.8) is 0 Å². The molecule has 0 bridgehead atoms. The predicted molar refractivity (Wildman–Crippen MR) is 46.9 cm³/mol. The molecular weight excluding hydrogens is 140 g/mol.